The van der Waals surface area contributed by atoms with E-state index >= 15 is 0 Å². The summed E-state index contributed by atoms with van der Waals surface area (Å²) in [5.74, 6) is 0.736. The molecule has 0 bridgehead atoms. The Balaban J connectivity index is 4.07. The molecule has 0 aliphatic rings. The second-order valence-corrected chi connectivity index (χ2v) is 6.14. The van der Waals surface area contributed by atoms with Crippen LogP contribution in [0.1, 0.15) is 54.4 Å². The lowest BCUT2D eigenvalue weighted by Gasteiger charge is -2.36. The Hall–Kier alpha value is -0.570. The van der Waals surface area contributed by atoms with E-state index in [1.165, 1.54) is 0 Å². The van der Waals surface area contributed by atoms with Gasteiger partial charge in [-0.25, -0.2) is 0 Å². The van der Waals surface area contributed by atoms with Gasteiger partial charge in [0, 0.05) is 12.1 Å². The van der Waals surface area contributed by atoms with Crippen LogP contribution < -0.4 is 11.1 Å². The molecule has 3 N–H and O–H groups in total. The van der Waals surface area contributed by atoms with Crippen LogP contribution in [0.5, 0.6) is 0 Å². The van der Waals surface area contributed by atoms with Crippen LogP contribution in [-0.2, 0) is 4.79 Å². The van der Waals surface area contributed by atoms with Crippen LogP contribution in [-0.4, -0.2) is 18.0 Å². The molecular weight excluding hydrogens is 200 g/mol. The second-order valence-electron chi connectivity index (χ2n) is 6.14. The molecular formula is C13H28N2O. The zero-order valence-corrected chi connectivity index (χ0v) is 11.7. The van der Waals surface area contributed by atoms with Gasteiger partial charge in [-0.3, -0.25) is 4.79 Å². The van der Waals surface area contributed by atoms with Crippen molar-refractivity contribution in [3.8, 4) is 0 Å². The van der Waals surface area contributed by atoms with Crippen LogP contribution in [0, 0.1) is 11.3 Å². The molecule has 16 heavy (non-hydrogen) atoms. The molecule has 0 saturated carbocycles. The Labute approximate surface area is 100 Å². The fourth-order valence-electron chi connectivity index (χ4n) is 1.23. The predicted molar refractivity (Wildman–Crippen MR) is 69.1 cm³/mol. The van der Waals surface area contributed by atoms with Gasteiger partial charge in [0.25, 0.3) is 0 Å². The van der Waals surface area contributed by atoms with Crippen molar-refractivity contribution < 1.29 is 4.79 Å². The molecule has 0 aliphatic heterocycles. The molecule has 0 aliphatic carbocycles. The van der Waals surface area contributed by atoms with E-state index in [1.807, 2.05) is 27.7 Å². The van der Waals surface area contributed by atoms with Crippen LogP contribution in [0.3, 0.4) is 0 Å². The van der Waals surface area contributed by atoms with Crippen LogP contribution in [0.15, 0.2) is 0 Å². The van der Waals surface area contributed by atoms with Gasteiger partial charge in [0.05, 0.1) is 5.41 Å². The topological polar surface area (TPSA) is 55.1 Å². The van der Waals surface area contributed by atoms with Crippen molar-refractivity contribution in [1.29, 1.82) is 0 Å². The Kier molecular flexibility index (Phi) is 5.47. The predicted octanol–water partition coefficient (Wildman–Crippen LogP) is 2.30. The summed E-state index contributed by atoms with van der Waals surface area (Å²) in [7, 11) is 0. The molecule has 0 aromatic rings. The van der Waals surface area contributed by atoms with Crippen LogP contribution in [0.25, 0.3) is 0 Å². The maximum Gasteiger partial charge on any atom is 0.227 e. The third kappa shape index (κ3) is 4.52. The SMILES string of the molecule is CC(C)CCCNC(=O)C(C)(C)C(C)(C)N. The first-order chi connectivity index (χ1) is 7.09. The van der Waals surface area contributed by atoms with E-state index in [0.29, 0.717) is 5.92 Å². The largest absolute Gasteiger partial charge is 0.356 e. The Bertz CT molecular complexity index is 227. The highest BCUT2D eigenvalue weighted by molar-refractivity contribution is 5.83. The molecule has 0 unspecified atom stereocenters. The summed E-state index contributed by atoms with van der Waals surface area (Å²) in [4.78, 5) is 12.0. The van der Waals surface area contributed by atoms with Gasteiger partial charge in [0.2, 0.25) is 5.91 Å². The number of rotatable bonds is 6. The Morgan fingerprint density at radius 1 is 1.25 bits per heavy atom. The maximum absolute atomic E-state index is 12.0. The van der Waals surface area contributed by atoms with E-state index in [0.717, 1.165) is 19.4 Å². The Morgan fingerprint density at radius 2 is 1.75 bits per heavy atom. The first-order valence-electron chi connectivity index (χ1n) is 6.16. The van der Waals surface area contributed by atoms with Crippen LogP contribution >= 0.6 is 0 Å². The summed E-state index contributed by atoms with van der Waals surface area (Å²) in [6.45, 7) is 12.7. The fraction of sp³-hybridized carbons (Fsp3) is 0.923. The van der Waals surface area contributed by atoms with Gasteiger partial charge in [-0.05, 0) is 46.5 Å². The van der Waals surface area contributed by atoms with Crippen molar-refractivity contribution in [2.24, 2.45) is 17.1 Å². The van der Waals surface area contributed by atoms with E-state index in [1.54, 1.807) is 0 Å². The number of amides is 1. The average Bonchev–Trinajstić information content (AvgIpc) is 2.09. The molecule has 3 nitrogen and oxygen atoms in total. The summed E-state index contributed by atoms with van der Waals surface area (Å²) in [5.41, 5.74) is 4.96. The van der Waals surface area contributed by atoms with Gasteiger partial charge in [0.1, 0.15) is 0 Å². The molecule has 0 radical (unpaired) electrons. The molecule has 0 spiro atoms. The van der Waals surface area contributed by atoms with Crippen molar-refractivity contribution in [1.82, 2.24) is 5.32 Å². The highest BCUT2D eigenvalue weighted by atomic mass is 16.2. The summed E-state index contributed by atoms with van der Waals surface area (Å²) in [5, 5.41) is 2.97. The normalized spacial score (nSPS) is 13.0. The number of carbonyl (C=O) groups is 1. The van der Waals surface area contributed by atoms with Gasteiger partial charge in [-0.15, -0.1) is 0 Å². The molecule has 3 heteroatoms. The zero-order chi connectivity index (χ0) is 13.0. The quantitative estimate of drug-likeness (QED) is 0.685. The first-order valence-corrected chi connectivity index (χ1v) is 6.16. The summed E-state index contributed by atoms with van der Waals surface area (Å²) >= 11 is 0. The highest BCUT2D eigenvalue weighted by Gasteiger charge is 2.39. The minimum absolute atomic E-state index is 0.0451. The third-order valence-corrected chi connectivity index (χ3v) is 3.42. The third-order valence-electron chi connectivity index (χ3n) is 3.42. The Morgan fingerprint density at radius 3 is 2.12 bits per heavy atom. The standard InChI is InChI=1S/C13H28N2O/c1-10(2)8-7-9-15-11(16)12(3,4)13(5,6)14/h10H,7-9,14H2,1-6H3,(H,15,16). The molecule has 0 aromatic carbocycles. The molecule has 0 fully saturated rings. The smallest absolute Gasteiger partial charge is 0.227 e. The van der Waals surface area contributed by atoms with Crippen molar-refractivity contribution in [3.05, 3.63) is 0 Å². The highest BCUT2D eigenvalue weighted by Crippen LogP contribution is 2.28. The van der Waals surface area contributed by atoms with Gasteiger partial charge < -0.3 is 11.1 Å². The average molecular weight is 228 g/mol. The molecule has 0 saturated heterocycles. The summed E-state index contributed by atoms with van der Waals surface area (Å²) in [6, 6.07) is 0. The second kappa shape index (κ2) is 5.67. The number of hydrogen-bond acceptors (Lipinski definition) is 2. The molecule has 1 amide bonds. The molecule has 0 rings (SSSR count). The van der Waals surface area contributed by atoms with E-state index in [2.05, 4.69) is 19.2 Å². The number of nitrogens with two attached hydrogens (primary N) is 1. The maximum atomic E-state index is 12.0. The molecule has 0 heterocycles. The number of carbonyl (C=O) groups excluding carboxylic acids is 1. The molecule has 96 valence electrons. The van der Waals surface area contributed by atoms with E-state index < -0.39 is 11.0 Å². The van der Waals surface area contributed by atoms with Crippen LogP contribution in [0.2, 0.25) is 0 Å². The van der Waals surface area contributed by atoms with Crippen molar-refractivity contribution >= 4 is 5.91 Å². The van der Waals surface area contributed by atoms with Crippen molar-refractivity contribution in [2.45, 2.75) is 59.9 Å². The summed E-state index contributed by atoms with van der Waals surface area (Å²) in [6.07, 6.45) is 2.18. The lowest BCUT2D eigenvalue weighted by molar-refractivity contribution is -0.132. The first kappa shape index (κ1) is 15.4. The summed E-state index contributed by atoms with van der Waals surface area (Å²) < 4.78 is 0. The van der Waals surface area contributed by atoms with Gasteiger partial charge in [-0.1, -0.05) is 13.8 Å². The minimum atomic E-state index is -0.537. The zero-order valence-electron chi connectivity index (χ0n) is 11.7. The van der Waals surface area contributed by atoms with Gasteiger partial charge >= 0.3 is 0 Å². The lowest BCUT2D eigenvalue weighted by atomic mass is 9.74. The van der Waals surface area contributed by atoms with E-state index in [-0.39, 0.29) is 5.91 Å². The van der Waals surface area contributed by atoms with Crippen LogP contribution in [0.4, 0.5) is 0 Å². The lowest BCUT2D eigenvalue weighted by Crippen LogP contribution is -2.55. The minimum Gasteiger partial charge on any atom is -0.356 e. The number of hydrogen-bond donors (Lipinski definition) is 2. The molecule has 0 atom stereocenters. The van der Waals surface area contributed by atoms with Gasteiger partial charge in [0.15, 0.2) is 0 Å². The van der Waals surface area contributed by atoms with Crippen molar-refractivity contribution in [3.63, 3.8) is 0 Å². The number of nitrogens with one attached hydrogen (secondary N) is 1. The van der Waals surface area contributed by atoms with Gasteiger partial charge in [-0.2, -0.15) is 0 Å². The molecule has 0 aromatic heterocycles. The fourth-order valence-corrected chi connectivity index (χ4v) is 1.23. The van der Waals surface area contributed by atoms with Crippen molar-refractivity contribution in [2.75, 3.05) is 6.54 Å². The monoisotopic (exact) mass is 228 g/mol. The van der Waals surface area contributed by atoms with E-state index in [4.69, 9.17) is 5.73 Å². The van der Waals surface area contributed by atoms with E-state index in [9.17, 15) is 4.79 Å².